The highest BCUT2D eigenvalue weighted by Crippen LogP contribution is 2.69. The summed E-state index contributed by atoms with van der Waals surface area (Å²) in [7, 11) is 6.46. The number of ether oxygens (including phenoxy) is 5. The van der Waals surface area contributed by atoms with Crippen LogP contribution in [0.15, 0.2) is 66.7 Å². The van der Waals surface area contributed by atoms with Crippen LogP contribution in [0.2, 0.25) is 0 Å². The van der Waals surface area contributed by atoms with Crippen molar-refractivity contribution in [3.63, 3.8) is 0 Å². The summed E-state index contributed by atoms with van der Waals surface area (Å²) in [6.45, 7) is 0. The molecule has 1 N–H and O–H groups in total. The molecule has 1 aliphatic carbocycles. The summed E-state index contributed by atoms with van der Waals surface area (Å²) in [6.07, 6.45) is -0.392. The fourth-order valence-corrected chi connectivity index (χ4v) is 5.78. The first-order chi connectivity index (χ1) is 16.0. The Morgan fingerprint density at radius 3 is 2.15 bits per heavy atom. The number of fused-ring (bicyclic) bond motifs is 3. The van der Waals surface area contributed by atoms with E-state index in [0.29, 0.717) is 29.2 Å². The third kappa shape index (κ3) is 2.81. The lowest BCUT2D eigenvalue weighted by Gasteiger charge is -2.43. The zero-order chi connectivity index (χ0) is 23.2. The van der Waals surface area contributed by atoms with Gasteiger partial charge in [0.1, 0.15) is 23.0 Å². The minimum absolute atomic E-state index is 0.190. The highest BCUT2D eigenvalue weighted by Gasteiger charge is 2.74. The Morgan fingerprint density at radius 1 is 0.848 bits per heavy atom. The second kappa shape index (κ2) is 7.97. The quantitative estimate of drug-likeness (QED) is 0.603. The van der Waals surface area contributed by atoms with E-state index in [-0.39, 0.29) is 5.92 Å². The van der Waals surface area contributed by atoms with E-state index in [4.69, 9.17) is 23.7 Å². The van der Waals surface area contributed by atoms with Crippen molar-refractivity contribution in [3.05, 3.63) is 83.4 Å². The third-order valence-electron chi connectivity index (χ3n) is 7.15. The van der Waals surface area contributed by atoms with E-state index < -0.39 is 17.3 Å². The molecule has 0 aromatic heterocycles. The number of rotatable bonds is 6. The molecule has 0 amide bonds. The molecule has 0 radical (unpaired) electrons. The summed E-state index contributed by atoms with van der Waals surface area (Å²) in [5, 5.41) is 11.7. The molecular formula is C27H28O6. The van der Waals surface area contributed by atoms with E-state index >= 15 is 0 Å². The normalized spacial score (nSPS) is 27.4. The molecule has 1 saturated carbocycles. The van der Waals surface area contributed by atoms with Gasteiger partial charge in [-0.1, -0.05) is 42.5 Å². The molecule has 3 aromatic rings. The maximum Gasteiger partial charge on any atom is 0.177 e. The average molecular weight is 449 g/mol. The molecule has 0 saturated heterocycles. The molecule has 1 aliphatic heterocycles. The Labute approximate surface area is 193 Å². The molecule has 5 rings (SSSR count). The van der Waals surface area contributed by atoms with Crippen molar-refractivity contribution in [1.29, 1.82) is 0 Å². The molecule has 4 atom stereocenters. The zero-order valence-corrected chi connectivity index (χ0v) is 19.2. The highest BCUT2D eigenvalue weighted by atomic mass is 16.6. The predicted molar refractivity (Wildman–Crippen MR) is 123 cm³/mol. The maximum atomic E-state index is 11.7. The van der Waals surface area contributed by atoms with Crippen molar-refractivity contribution in [1.82, 2.24) is 0 Å². The van der Waals surface area contributed by atoms with Gasteiger partial charge < -0.3 is 28.8 Å². The van der Waals surface area contributed by atoms with Crippen molar-refractivity contribution < 1.29 is 28.8 Å². The maximum absolute atomic E-state index is 11.7. The molecule has 33 heavy (non-hydrogen) atoms. The minimum atomic E-state index is -1.20. The molecule has 6 heteroatoms. The summed E-state index contributed by atoms with van der Waals surface area (Å²) in [4.78, 5) is 0. The number of aliphatic hydroxyl groups excluding tert-OH is 1. The van der Waals surface area contributed by atoms with Gasteiger partial charge in [-0.2, -0.15) is 0 Å². The fourth-order valence-electron chi connectivity index (χ4n) is 5.78. The number of aliphatic hydroxyl groups is 1. The molecule has 1 fully saturated rings. The molecule has 1 heterocycles. The van der Waals surface area contributed by atoms with Crippen LogP contribution in [0.1, 0.15) is 29.0 Å². The van der Waals surface area contributed by atoms with Crippen LogP contribution >= 0.6 is 0 Å². The van der Waals surface area contributed by atoms with Crippen LogP contribution in [-0.2, 0) is 15.9 Å². The minimum Gasteiger partial charge on any atom is -0.497 e. The summed E-state index contributed by atoms with van der Waals surface area (Å²) in [5.74, 6) is 2.28. The van der Waals surface area contributed by atoms with Gasteiger partial charge in [0.2, 0.25) is 0 Å². The topological polar surface area (TPSA) is 66.4 Å². The molecule has 3 aromatic carbocycles. The van der Waals surface area contributed by atoms with Crippen LogP contribution in [0.3, 0.4) is 0 Å². The second-order valence-electron chi connectivity index (χ2n) is 8.42. The fraction of sp³-hybridized carbons (Fsp3) is 0.333. The highest BCUT2D eigenvalue weighted by molar-refractivity contribution is 5.62. The van der Waals surface area contributed by atoms with Crippen LogP contribution < -0.4 is 18.9 Å². The molecule has 6 nitrogen and oxygen atoms in total. The SMILES string of the molecule is COc1ccc([C@@]23Oc4cc(OC)cc(OC)c4[C@]2(OC)[C@@H](O)C[C@H]3c2ccccc2)cc1. The lowest BCUT2D eigenvalue weighted by Crippen LogP contribution is -2.53. The van der Waals surface area contributed by atoms with E-state index in [1.54, 1.807) is 34.5 Å². The molecule has 172 valence electrons. The van der Waals surface area contributed by atoms with Gasteiger partial charge >= 0.3 is 0 Å². The van der Waals surface area contributed by atoms with Gasteiger partial charge in [-0.05, 0) is 29.7 Å². The average Bonchev–Trinajstić information content (AvgIpc) is 3.31. The summed E-state index contributed by atoms with van der Waals surface area (Å²) >= 11 is 0. The van der Waals surface area contributed by atoms with Gasteiger partial charge in [0, 0.05) is 25.2 Å². The number of benzene rings is 3. The van der Waals surface area contributed by atoms with Gasteiger partial charge in [-0.3, -0.25) is 0 Å². The Morgan fingerprint density at radius 2 is 1.55 bits per heavy atom. The number of methoxy groups -OCH3 is 4. The lowest BCUT2D eigenvalue weighted by molar-refractivity contribution is -0.170. The van der Waals surface area contributed by atoms with E-state index in [2.05, 4.69) is 12.1 Å². The molecule has 0 bridgehead atoms. The summed E-state index contributed by atoms with van der Waals surface area (Å²) < 4.78 is 29.9. The van der Waals surface area contributed by atoms with E-state index in [1.807, 2.05) is 48.5 Å². The third-order valence-corrected chi connectivity index (χ3v) is 7.15. The van der Waals surface area contributed by atoms with E-state index in [9.17, 15) is 5.11 Å². The Hall–Kier alpha value is -3.22. The van der Waals surface area contributed by atoms with Gasteiger partial charge in [-0.25, -0.2) is 0 Å². The zero-order valence-electron chi connectivity index (χ0n) is 19.2. The monoisotopic (exact) mass is 448 g/mol. The van der Waals surface area contributed by atoms with Crippen molar-refractivity contribution in [2.75, 3.05) is 28.4 Å². The molecule has 0 spiro atoms. The van der Waals surface area contributed by atoms with Gasteiger partial charge in [0.15, 0.2) is 11.2 Å². The first kappa shape index (κ1) is 21.6. The lowest BCUT2D eigenvalue weighted by atomic mass is 9.71. The largest absolute Gasteiger partial charge is 0.497 e. The van der Waals surface area contributed by atoms with Gasteiger partial charge in [0.25, 0.3) is 0 Å². The predicted octanol–water partition coefficient (Wildman–Crippen LogP) is 4.39. The second-order valence-corrected chi connectivity index (χ2v) is 8.42. The van der Waals surface area contributed by atoms with Crippen molar-refractivity contribution >= 4 is 0 Å². The first-order valence-corrected chi connectivity index (χ1v) is 10.9. The summed E-state index contributed by atoms with van der Waals surface area (Å²) in [6, 6.07) is 21.5. The van der Waals surface area contributed by atoms with Crippen LogP contribution in [0, 0.1) is 0 Å². The van der Waals surface area contributed by atoms with Crippen LogP contribution in [0.5, 0.6) is 23.0 Å². The van der Waals surface area contributed by atoms with Crippen LogP contribution in [-0.4, -0.2) is 39.6 Å². The smallest absolute Gasteiger partial charge is 0.177 e. The number of hydrogen-bond acceptors (Lipinski definition) is 6. The van der Waals surface area contributed by atoms with Crippen molar-refractivity contribution in [3.8, 4) is 23.0 Å². The molecule has 0 unspecified atom stereocenters. The molecular weight excluding hydrogens is 420 g/mol. The van der Waals surface area contributed by atoms with Crippen LogP contribution in [0.25, 0.3) is 0 Å². The standard InChI is InChI=1S/C27H28O6/c1-29-19-12-10-18(11-13-19)26-21(17-8-6-5-7-9-17)16-24(28)27(26,32-4)25-22(31-3)14-20(30-2)15-23(25)33-26/h5-15,21,24,28H,16H2,1-4H3/t21-,24-,26-,27+/m0/s1. The summed E-state index contributed by atoms with van der Waals surface area (Å²) in [5.41, 5.74) is 0.388. The van der Waals surface area contributed by atoms with E-state index in [0.717, 1.165) is 16.9 Å². The van der Waals surface area contributed by atoms with Gasteiger partial charge in [0.05, 0.1) is 33.0 Å². The first-order valence-electron chi connectivity index (χ1n) is 10.9. The van der Waals surface area contributed by atoms with E-state index in [1.165, 1.54) is 0 Å². The van der Waals surface area contributed by atoms with Gasteiger partial charge in [-0.15, -0.1) is 0 Å². The number of hydrogen-bond donors (Lipinski definition) is 1. The molecule has 2 aliphatic rings. The van der Waals surface area contributed by atoms with Crippen molar-refractivity contribution in [2.24, 2.45) is 0 Å². The van der Waals surface area contributed by atoms with Crippen molar-refractivity contribution in [2.45, 2.75) is 29.6 Å². The Balaban J connectivity index is 1.84. The Bertz CT molecular complexity index is 1150. The van der Waals surface area contributed by atoms with Crippen LogP contribution in [0.4, 0.5) is 0 Å². The Kier molecular flexibility index (Phi) is 5.22.